The molecule has 1 aromatic carbocycles. The molecule has 6 nitrogen and oxygen atoms in total. The fourth-order valence-corrected chi connectivity index (χ4v) is 2.83. The predicted octanol–water partition coefficient (Wildman–Crippen LogP) is 2.89. The number of carbonyl (C=O) groups excluding carboxylic acids is 1. The number of aliphatic hydroxyl groups is 1. The van der Waals surface area contributed by atoms with Crippen LogP contribution in [-0.4, -0.2) is 26.0 Å². The van der Waals surface area contributed by atoms with Crippen molar-refractivity contribution in [2.45, 2.75) is 26.0 Å². The Morgan fingerprint density at radius 1 is 1.48 bits per heavy atom. The van der Waals surface area contributed by atoms with Crippen LogP contribution in [0.1, 0.15) is 25.1 Å². The van der Waals surface area contributed by atoms with Gasteiger partial charge in [0.15, 0.2) is 0 Å². The molecule has 1 atom stereocenters. The molecule has 1 aromatic heterocycles. The minimum Gasteiger partial charge on any atom is -0.387 e. The van der Waals surface area contributed by atoms with E-state index >= 15 is 0 Å². The van der Waals surface area contributed by atoms with Gasteiger partial charge in [0.1, 0.15) is 12.2 Å². The lowest BCUT2D eigenvalue weighted by Crippen LogP contribution is -2.19. The van der Waals surface area contributed by atoms with Crippen molar-refractivity contribution in [3.63, 3.8) is 0 Å². The molecule has 1 heterocycles. The Hall–Kier alpha value is -1.25. The van der Waals surface area contributed by atoms with Gasteiger partial charge < -0.3 is 10.4 Å². The molecule has 0 fully saturated rings. The minimum absolute atomic E-state index is 0.0337. The average Bonchev–Trinajstić information content (AvgIpc) is 2.89. The van der Waals surface area contributed by atoms with E-state index in [1.54, 1.807) is 12.3 Å². The van der Waals surface area contributed by atoms with Gasteiger partial charge in [-0.25, -0.2) is 4.68 Å². The monoisotopic (exact) mass is 416 g/mol. The first-order valence-electron chi connectivity index (χ1n) is 6.32. The summed E-state index contributed by atoms with van der Waals surface area (Å²) in [6.45, 7) is 1.88. The summed E-state index contributed by atoms with van der Waals surface area (Å²) in [4.78, 5) is 12.0. The van der Waals surface area contributed by atoms with Crippen molar-refractivity contribution in [3.05, 3.63) is 39.0 Å². The average molecular weight is 418 g/mol. The quantitative estimate of drug-likeness (QED) is 0.783. The third-order valence-corrected chi connectivity index (χ3v) is 3.94. The van der Waals surface area contributed by atoms with Crippen LogP contribution in [0.2, 0.25) is 0 Å². The van der Waals surface area contributed by atoms with Gasteiger partial charge in [-0.15, -0.1) is 5.10 Å². The molecule has 21 heavy (non-hydrogen) atoms. The molecular formula is C13H14Br2N4O2. The number of carbonyl (C=O) groups is 1. The third kappa shape index (κ3) is 4.36. The second-order valence-electron chi connectivity index (χ2n) is 4.44. The van der Waals surface area contributed by atoms with E-state index in [-0.39, 0.29) is 12.5 Å². The summed E-state index contributed by atoms with van der Waals surface area (Å²) in [7, 11) is 0. The highest BCUT2D eigenvalue weighted by atomic mass is 79.9. The van der Waals surface area contributed by atoms with Crippen LogP contribution < -0.4 is 5.32 Å². The van der Waals surface area contributed by atoms with E-state index in [9.17, 15) is 9.90 Å². The second-order valence-corrected chi connectivity index (χ2v) is 6.21. The summed E-state index contributed by atoms with van der Waals surface area (Å²) in [5, 5.41) is 20.1. The number of rotatable bonds is 5. The molecule has 0 radical (unpaired) electrons. The lowest BCUT2D eigenvalue weighted by Gasteiger charge is -2.07. The Bertz CT molecular complexity index is 645. The second kappa shape index (κ2) is 7.15. The number of aromatic nitrogens is 3. The molecule has 0 spiro atoms. The number of nitrogens with one attached hydrogen (secondary N) is 1. The van der Waals surface area contributed by atoms with Gasteiger partial charge in [0, 0.05) is 8.95 Å². The zero-order valence-corrected chi connectivity index (χ0v) is 14.4. The summed E-state index contributed by atoms with van der Waals surface area (Å²) in [6.07, 6.45) is 1.48. The van der Waals surface area contributed by atoms with Gasteiger partial charge in [0.25, 0.3) is 0 Å². The highest BCUT2D eigenvalue weighted by Crippen LogP contribution is 2.26. The lowest BCUT2D eigenvalue weighted by molar-refractivity contribution is -0.116. The molecule has 0 aliphatic carbocycles. The molecule has 1 unspecified atom stereocenters. The Labute approximate surface area is 138 Å². The van der Waals surface area contributed by atoms with Crippen molar-refractivity contribution in [1.82, 2.24) is 15.0 Å². The van der Waals surface area contributed by atoms with Gasteiger partial charge in [-0.2, -0.15) is 0 Å². The molecule has 0 bridgehead atoms. The number of nitrogens with zero attached hydrogens (tertiary/aromatic N) is 3. The van der Waals surface area contributed by atoms with Gasteiger partial charge in [0.05, 0.1) is 18.0 Å². The van der Waals surface area contributed by atoms with Crippen molar-refractivity contribution < 1.29 is 9.90 Å². The van der Waals surface area contributed by atoms with Crippen molar-refractivity contribution in [3.8, 4) is 0 Å². The molecule has 0 saturated carbocycles. The van der Waals surface area contributed by atoms with Gasteiger partial charge in [0.2, 0.25) is 5.91 Å². The van der Waals surface area contributed by atoms with Crippen LogP contribution in [0, 0.1) is 0 Å². The molecule has 112 valence electrons. The number of amides is 1. The maximum absolute atomic E-state index is 12.0. The minimum atomic E-state index is -0.651. The maximum atomic E-state index is 12.0. The number of aliphatic hydroxyl groups excluding tert-OH is 1. The van der Waals surface area contributed by atoms with E-state index < -0.39 is 6.10 Å². The third-order valence-electron chi connectivity index (χ3n) is 2.80. The van der Waals surface area contributed by atoms with E-state index in [0.29, 0.717) is 17.8 Å². The van der Waals surface area contributed by atoms with E-state index in [2.05, 4.69) is 47.5 Å². The van der Waals surface area contributed by atoms with Crippen molar-refractivity contribution in [2.75, 3.05) is 5.32 Å². The molecular weight excluding hydrogens is 404 g/mol. The fraction of sp³-hybridized carbons (Fsp3) is 0.308. The molecule has 2 aromatic rings. The first-order chi connectivity index (χ1) is 9.99. The first-order valence-corrected chi connectivity index (χ1v) is 7.91. The van der Waals surface area contributed by atoms with Crippen LogP contribution in [-0.2, 0) is 11.3 Å². The van der Waals surface area contributed by atoms with Crippen molar-refractivity contribution >= 4 is 43.5 Å². The fourth-order valence-electron chi connectivity index (χ4n) is 1.68. The van der Waals surface area contributed by atoms with E-state index in [4.69, 9.17) is 0 Å². The van der Waals surface area contributed by atoms with Crippen LogP contribution in [0.4, 0.5) is 5.69 Å². The van der Waals surface area contributed by atoms with Gasteiger partial charge in [-0.1, -0.05) is 28.1 Å². The Kier molecular flexibility index (Phi) is 5.49. The van der Waals surface area contributed by atoms with Crippen LogP contribution in [0.3, 0.4) is 0 Å². The predicted molar refractivity (Wildman–Crippen MR) is 85.7 cm³/mol. The van der Waals surface area contributed by atoms with Crippen molar-refractivity contribution in [2.24, 2.45) is 0 Å². The molecule has 0 aliphatic rings. The Morgan fingerprint density at radius 2 is 2.24 bits per heavy atom. The molecule has 2 rings (SSSR count). The first kappa shape index (κ1) is 16.1. The van der Waals surface area contributed by atoms with Crippen molar-refractivity contribution in [1.29, 1.82) is 0 Å². The van der Waals surface area contributed by atoms with Gasteiger partial charge in [-0.05, 0) is 40.5 Å². The molecule has 0 saturated heterocycles. The van der Waals surface area contributed by atoms with Crippen LogP contribution >= 0.6 is 31.9 Å². The summed E-state index contributed by atoms with van der Waals surface area (Å²) in [5.41, 5.74) is 1.15. The molecule has 2 N–H and O–H groups in total. The smallest absolute Gasteiger partial charge is 0.246 e. The highest BCUT2D eigenvalue weighted by molar-refractivity contribution is 9.11. The van der Waals surface area contributed by atoms with Crippen LogP contribution in [0.15, 0.2) is 33.3 Å². The standard InChI is InChI=1S/C13H14Br2N4O2/c1-2-12(20)11-6-19(18-17-11)7-13(21)16-10-4-3-8(14)5-9(10)15/h3-6,12,20H,2,7H2,1H3,(H,16,21). The number of hydrogen-bond donors (Lipinski definition) is 2. The van der Waals surface area contributed by atoms with E-state index in [0.717, 1.165) is 8.95 Å². The highest BCUT2D eigenvalue weighted by Gasteiger charge is 2.12. The summed E-state index contributed by atoms with van der Waals surface area (Å²) < 4.78 is 3.10. The molecule has 0 aliphatic heterocycles. The Morgan fingerprint density at radius 3 is 2.90 bits per heavy atom. The van der Waals surface area contributed by atoms with Gasteiger partial charge >= 0.3 is 0 Å². The summed E-state index contributed by atoms with van der Waals surface area (Å²) in [5.74, 6) is -0.222. The SMILES string of the molecule is CCC(O)c1cn(CC(=O)Nc2ccc(Br)cc2Br)nn1. The number of benzene rings is 1. The van der Waals surface area contributed by atoms with E-state index in [1.807, 2.05) is 19.1 Å². The van der Waals surface area contributed by atoms with Crippen LogP contribution in [0.5, 0.6) is 0 Å². The molecule has 1 amide bonds. The zero-order valence-electron chi connectivity index (χ0n) is 11.3. The normalized spacial score (nSPS) is 12.2. The largest absolute Gasteiger partial charge is 0.387 e. The molecule has 8 heteroatoms. The summed E-state index contributed by atoms with van der Waals surface area (Å²) in [6, 6.07) is 5.48. The van der Waals surface area contributed by atoms with Gasteiger partial charge in [-0.3, -0.25) is 4.79 Å². The van der Waals surface area contributed by atoms with Crippen LogP contribution in [0.25, 0.3) is 0 Å². The topological polar surface area (TPSA) is 80.0 Å². The zero-order chi connectivity index (χ0) is 15.4. The Balaban J connectivity index is 2.00. The maximum Gasteiger partial charge on any atom is 0.246 e. The number of halogens is 2. The summed E-state index contributed by atoms with van der Waals surface area (Å²) >= 11 is 6.73. The van der Waals surface area contributed by atoms with E-state index in [1.165, 1.54) is 4.68 Å². The number of hydrogen-bond acceptors (Lipinski definition) is 4. The lowest BCUT2D eigenvalue weighted by atomic mass is 10.2. The number of anilines is 1.